The highest BCUT2D eigenvalue weighted by molar-refractivity contribution is 5.76. The van der Waals surface area contributed by atoms with Crippen LogP contribution in [0, 0.1) is 0 Å². The molecular weight excluding hydrogens is 280 g/mol. The van der Waals surface area contributed by atoms with Gasteiger partial charge in [-0.2, -0.15) is 0 Å². The van der Waals surface area contributed by atoms with Gasteiger partial charge in [-0.15, -0.1) is 0 Å². The van der Waals surface area contributed by atoms with Gasteiger partial charge in [0.2, 0.25) is 5.91 Å². The zero-order valence-electron chi connectivity index (χ0n) is 15.1. The molecule has 0 aliphatic heterocycles. The number of likely N-dealkylation sites (N-methyl/N-ethyl adjacent to an activating group) is 1. The zero-order chi connectivity index (χ0) is 17.2. The van der Waals surface area contributed by atoms with E-state index < -0.39 is 11.5 Å². The fourth-order valence-electron chi connectivity index (χ4n) is 2.22. The Morgan fingerprint density at radius 1 is 1.05 bits per heavy atom. The number of hydrogen-bond acceptors (Lipinski definition) is 2. The lowest BCUT2D eigenvalue weighted by atomic mass is 10.0. The van der Waals surface area contributed by atoms with Crippen LogP contribution in [0.3, 0.4) is 0 Å². The van der Waals surface area contributed by atoms with Crippen molar-refractivity contribution < 1.29 is 19.2 Å². The molecule has 0 aliphatic rings. The Kier molecular flexibility index (Phi) is 9.33. The molecule has 0 rings (SSSR count). The Bertz CT molecular complexity index is 352. The third kappa shape index (κ3) is 7.25. The van der Waals surface area contributed by atoms with Gasteiger partial charge in [-0.1, -0.05) is 32.6 Å². The Balaban J connectivity index is 3.88. The molecule has 0 atom stereocenters. The van der Waals surface area contributed by atoms with Crippen molar-refractivity contribution in [1.82, 2.24) is 5.32 Å². The van der Waals surface area contributed by atoms with Gasteiger partial charge < -0.3 is 14.9 Å². The molecule has 5 nitrogen and oxygen atoms in total. The number of carbonyl (C=O) groups excluding carboxylic acids is 1. The summed E-state index contributed by atoms with van der Waals surface area (Å²) in [6.07, 6.45) is 7.13. The number of unbranched alkanes of at least 4 members (excludes halogenated alkanes) is 4. The molecule has 1 amide bonds. The topological polar surface area (TPSA) is 66.4 Å². The molecule has 0 aliphatic carbocycles. The molecule has 22 heavy (non-hydrogen) atoms. The van der Waals surface area contributed by atoms with E-state index in [0.29, 0.717) is 17.4 Å². The van der Waals surface area contributed by atoms with Crippen LogP contribution in [0.25, 0.3) is 0 Å². The van der Waals surface area contributed by atoms with E-state index in [1.165, 1.54) is 19.3 Å². The monoisotopic (exact) mass is 315 g/mol. The second-order valence-corrected chi connectivity index (χ2v) is 7.14. The molecule has 130 valence electrons. The third-order valence-corrected chi connectivity index (χ3v) is 4.76. The molecule has 0 fully saturated rings. The lowest BCUT2D eigenvalue weighted by Crippen LogP contribution is -2.61. The van der Waals surface area contributed by atoms with Gasteiger partial charge in [-0.05, 0) is 6.42 Å². The van der Waals surface area contributed by atoms with Crippen molar-refractivity contribution in [3.05, 3.63) is 0 Å². The number of amides is 1. The SMILES string of the molecule is CCCCCCCC(=O)NCCC[N+](C)(C)C(C)(C)C(=O)O. The van der Waals surface area contributed by atoms with Gasteiger partial charge in [0.25, 0.3) is 0 Å². The van der Waals surface area contributed by atoms with E-state index >= 15 is 0 Å². The van der Waals surface area contributed by atoms with Gasteiger partial charge in [0.1, 0.15) is 0 Å². The van der Waals surface area contributed by atoms with Crippen LogP contribution in [0.1, 0.15) is 65.7 Å². The van der Waals surface area contributed by atoms with Crippen molar-refractivity contribution in [2.45, 2.75) is 71.3 Å². The van der Waals surface area contributed by atoms with Gasteiger partial charge in [-0.25, -0.2) is 4.79 Å². The van der Waals surface area contributed by atoms with Crippen LogP contribution in [-0.2, 0) is 9.59 Å². The maximum Gasteiger partial charge on any atom is 0.365 e. The first-order chi connectivity index (χ1) is 10.1. The quantitative estimate of drug-likeness (QED) is 0.430. The summed E-state index contributed by atoms with van der Waals surface area (Å²) in [5, 5.41) is 12.2. The minimum Gasteiger partial charge on any atom is -0.477 e. The van der Waals surface area contributed by atoms with E-state index in [4.69, 9.17) is 0 Å². The summed E-state index contributed by atoms with van der Waals surface area (Å²) in [6, 6.07) is 0. The smallest absolute Gasteiger partial charge is 0.365 e. The molecule has 0 aromatic heterocycles. The van der Waals surface area contributed by atoms with Crippen LogP contribution in [0.5, 0.6) is 0 Å². The molecule has 0 bridgehead atoms. The Morgan fingerprint density at radius 3 is 2.18 bits per heavy atom. The average molecular weight is 315 g/mol. The summed E-state index contributed by atoms with van der Waals surface area (Å²) in [4.78, 5) is 23.0. The lowest BCUT2D eigenvalue weighted by molar-refractivity contribution is -0.928. The highest BCUT2D eigenvalue weighted by Crippen LogP contribution is 2.20. The molecule has 5 heteroatoms. The van der Waals surface area contributed by atoms with Gasteiger partial charge in [0, 0.05) is 33.2 Å². The summed E-state index contributed by atoms with van der Waals surface area (Å²) in [7, 11) is 3.84. The summed E-state index contributed by atoms with van der Waals surface area (Å²) in [5.41, 5.74) is -0.830. The molecule has 0 heterocycles. The zero-order valence-corrected chi connectivity index (χ0v) is 15.1. The number of carboxylic acid groups (broad SMARTS) is 1. The van der Waals surface area contributed by atoms with E-state index in [2.05, 4.69) is 12.2 Å². The van der Waals surface area contributed by atoms with Crippen molar-refractivity contribution in [2.24, 2.45) is 0 Å². The van der Waals surface area contributed by atoms with Crippen LogP contribution < -0.4 is 5.32 Å². The number of nitrogens with one attached hydrogen (secondary N) is 1. The van der Waals surface area contributed by atoms with Gasteiger partial charge in [-0.3, -0.25) is 4.79 Å². The number of hydrogen-bond donors (Lipinski definition) is 2. The Hall–Kier alpha value is -1.10. The minimum atomic E-state index is -0.830. The van der Waals surface area contributed by atoms with E-state index in [1.54, 1.807) is 13.8 Å². The Labute approximate surface area is 135 Å². The molecular formula is C17H35N2O3+. The van der Waals surface area contributed by atoms with E-state index in [1.807, 2.05) is 14.1 Å². The van der Waals surface area contributed by atoms with Crippen molar-refractivity contribution in [3.63, 3.8) is 0 Å². The predicted molar refractivity (Wildman–Crippen MR) is 89.7 cm³/mol. The van der Waals surface area contributed by atoms with Crippen molar-refractivity contribution >= 4 is 11.9 Å². The van der Waals surface area contributed by atoms with Crippen molar-refractivity contribution in [1.29, 1.82) is 0 Å². The standard InChI is InChI=1S/C17H34N2O3/c1-6-7-8-9-10-12-15(20)18-13-11-14-19(4,5)17(2,3)16(21)22/h6-14H2,1-5H3,(H-,18,20,21,22)/p+1. The molecule has 2 N–H and O–H groups in total. The highest BCUT2D eigenvalue weighted by atomic mass is 16.4. The van der Waals surface area contributed by atoms with Gasteiger partial charge in [0.15, 0.2) is 5.54 Å². The van der Waals surface area contributed by atoms with Crippen molar-refractivity contribution in [2.75, 3.05) is 27.2 Å². The normalized spacial score (nSPS) is 12.2. The Morgan fingerprint density at radius 2 is 1.64 bits per heavy atom. The van der Waals surface area contributed by atoms with Gasteiger partial charge in [0.05, 0.1) is 20.6 Å². The van der Waals surface area contributed by atoms with Crippen LogP contribution in [0.15, 0.2) is 0 Å². The summed E-state index contributed by atoms with van der Waals surface area (Å²) < 4.78 is 0.398. The number of aliphatic carboxylic acids is 1. The maximum absolute atomic E-state index is 11.7. The maximum atomic E-state index is 11.7. The molecule has 0 saturated carbocycles. The molecule has 0 aromatic rings. The van der Waals surface area contributed by atoms with E-state index in [-0.39, 0.29) is 5.91 Å². The number of carboxylic acids is 1. The average Bonchev–Trinajstić information content (AvgIpc) is 2.43. The minimum absolute atomic E-state index is 0.110. The second kappa shape index (κ2) is 9.82. The van der Waals surface area contributed by atoms with Gasteiger partial charge >= 0.3 is 5.97 Å². The second-order valence-electron chi connectivity index (χ2n) is 7.14. The molecule has 0 aromatic carbocycles. The van der Waals surface area contributed by atoms with Crippen LogP contribution in [-0.4, -0.2) is 54.2 Å². The molecule has 0 unspecified atom stereocenters. The fourth-order valence-corrected chi connectivity index (χ4v) is 2.22. The highest BCUT2D eigenvalue weighted by Gasteiger charge is 2.43. The number of quaternary nitrogens is 1. The third-order valence-electron chi connectivity index (χ3n) is 4.76. The lowest BCUT2D eigenvalue weighted by Gasteiger charge is -2.41. The van der Waals surface area contributed by atoms with E-state index in [9.17, 15) is 14.7 Å². The fraction of sp³-hybridized carbons (Fsp3) is 0.882. The number of nitrogens with zero attached hydrogens (tertiary/aromatic N) is 1. The first-order valence-electron chi connectivity index (χ1n) is 8.48. The first-order valence-corrected chi connectivity index (χ1v) is 8.48. The van der Waals surface area contributed by atoms with Crippen LogP contribution >= 0.6 is 0 Å². The van der Waals surface area contributed by atoms with Crippen LogP contribution in [0.4, 0.5) is 0 Å². The molecule has 0 saturated heterocycles. The number of rotatable bonds is 12. The number of carbonyl (C=O) groups is 2. The van der Waals surface area contributed by atoms with E-state index in [0.717, 1.165) is 25.8 Å². The van der Waals surface area contributed by atoms with Crippen LogP contribution in [0.2, 0.25) is 0 Å². The molecule has 0 spiro atoms. The summed E-state index contributed by atoms with van der Waals surface area (Å²) >= 11 is 0. The largest absolute Gasteiger partial charge is 0.477 e. The van der Waals surface area contributed by atoms with Crippen molar-refractivity contribution in [3.8, 4) is 0 Å². The summed E-state index contributed by atoms with van der Waals surface area (Å²) in [6.45, 7) is 6.99. The molecule has 0 radical (unpaired) electrons. The predicted octanol–water partition coefficient (Wildman–Crippen LogP) is 2.79. The first kappa shape index (κ1) is 20.9. The summed E-state index contributed by atoms with van der Waals surface area (Å²) in [5.74, 6) is -0.687.